The van der Waals surface area contributed by atoms with Crippen molar-refractivity contribution in [3.8, 4) is 92.1 Å². The molecular weight excluding hydrogens is 859 g/mol. The Morgan fingerprint density at radius 3 is 1.34 bits per heavy atom. The van der Waals surface area contributed by atoms with Crippen LogP contribution in [0.5, 0.6) is 0 Å². The van der Waals surface area contributed by atoms with Crippen LogP contribution in [0.25, 0.3) is 111 Å². The van der Waals surface area contributed by atoms with Crippen LogP contribution in [0.15, 0.2) is 200 Å². The molecule has 12 rings (SSSR count). The van der Waals surface area contributed by atoms with E-state index in [0.717, 1.165) is 60.4 Å². The fourth-order valence-electron chi connectivity index (χ4n) is 9.83. The summed E-state index contributed by atoms with van der Waals surface area (Å²) in [4.78, 5) is 15.3. The molecule has 0 N–H and O–H groups in total. The Morgan fingerprint density at radius 1 is 0.343 bits per heavy atom. The van der Waals surface area contributed by atoms with Crippen molar-refractivity contribution in [2.75, 3.05) is 0 Å². The van der Waals surface area contributed by atoms with Gasteiger partial charge in [-0.3, -0.25) is 0 Å². The quantitative estimate of drug-likeness (QED) is 0.155. The minimum Gasteiger partial charge on any atom is -0.309 e. The molecule has 0 aliphatic carbocycles. The third-order valence-corrected chi connectivity index (χ3v) is 12.9. The summed E-state index contributed by atoms with van der Waals surface area (Å²) in [5, 5.41) is 46.3. The molecule has 0 fully saturated rings. The maximum Gasteiger partial charge on any atom is 0.164 e. The van der Waals surface area contributed by atoms with E-state index in [4.69, 9.17) is 15.0 Å². The summed E-state index contributed by atoms with van der Waals surface area (Å²) in [5.41, 5.74) is 11.3. The molecule has 0 atom stereocenters. The van der Waals surface area contributed by atoms with Crippen molar-refractivity contribution >= 4 is 43.6 Å². The van der Waals surface area contributed by atoms with E-state index in [9.17, 15) is 21.0 Å². The number of rotatable bonds is 7. The highest BCUT2D eigenvalue weighted by atomic mass is 15.0. The van der Waals surface area contributed by atoms with Crippen LogP contribution < -0.4 is 0 Å². The van der Waals surface area contributed by atoms with E-state index in [1.807, 2.05) is 115 Å². The van der Waals surface area contributed by atoms with E-state index in [2.05, 4.69) is 94.1 Å². The predicted molar refractivity (Wildman–Crippen MR) is 275 cm³/mol. The second-order valence-electron chi connectivity index (χ2n) is 16.8. The minimum absolute atomic E-state index is 0.279. The Bertz CT molecular complexity index is 4120. The van der Waals surface area contributed by atoms with Crippen LogP contribution in [0, 0.1) is 45.3 Å². The molecule has 0 aliphatic rings. The summed E-state index contributed by atoms with van der Waals surface area (Å²) >= 11 is 0. The number of hydrogen-bond acceptors (Lipinski definition) is 7. The van der Waals surface area contributed by atoms with Crippen molar-refractivity contribution in [3.05, 3.63) is 222 Å². The number of fused-ring (bicyclic) bond motifs is 7. The van der Waals surface area contributed by atoms with E-state index in [1.165, 1.54) is 0 Å². The molecule has 9 nitrogen and oxygen atoms in total. The van der Waals surface area contributed by atoms with Crippen LogP contribution >= 0.6 is 0 Å². The molecule has 0 amide bonds. The van der Waals surface area contributed by atoms with Crippen LogP contribution in [-0.4, -0.2) is 24.1 Å². The normalized spacial score (nSPS) is 11.1. The summed E-state index contributed by atoms with van der Waals surface area (Å²) < 4.78 is 4.55. The zero-order valence-electron chi connectivity index (χ0n) is 37.1. The first-order valence-electron chi connectivity index (χ1n) is 22.5. The largest absolute Gasteiger partial charge is 0.309 e. The lowest BCUT2D eigenvalue weighted by molar-refractivity contribution is 1.07. The van der Waals surface area contributed by atoms with E-state index >= 15 is 0 Å². The average Bonchev–Trinajstić information content (AvgIpc) is 3.96. The number of hydrogen-bond donors (Lipinski definition) is 0. The van der Waals surface area contributed by atoms with E-state index in [0.29, 0.717) is 62.1 Å². The van der Waals surface area contributed by atoms with Gasteiger partial charge in [-0.25, -0.2) is 15.0 Å². The highest BCUT2D eigenvalue weighted by Crippen LogP contribution is 2.48. The van der Waals surface area contributed by atoms with Gasteiger partial charge >= 0.3 is 0 Å². The van der Waals surface area contributed by atoms with Gasteiger partial charge < -0.3 is 9.13 Å². The van der Waals surface area contributed by atoms with Crippen molar-refractivity contribution in [2.45, 2.75) is 0 Å². The lowest BCUT2D eigenvalue weighted by atomic mass is 9.88. The smallest absolute Gasteiger partial charge is 0.164 e. The molecule has 0 unspecified atom stereocenters. The third-order valence-electron chi connectivity index (χ3n) is 12.9. The second-order valence-corrected chi connectivity index (χ2v) is 16.8. The molecule has 3 aromatic heterocycles. The molecule has 0 bridgehead atoms. The maximum atomic E-state index is 11.0. The Hall–Kier alpha value is -10.5. The van der Waals surface area contributed by atoms with Gasteiger partial charge in [0.05, 0.1) is 74.3 Å². The number of aromatic nitrogens is 5. The summed E-state index contributed by atoms with van der Waals surface area (Å²) in [7, 11) is 0. The van der Waals surface area contributed by atoms with Crippen LogP contribution in [0.1, 0.15) is 22.3 Å². The Labute approximate surface area is 401 Å². The summed E-state index contributed by atoms with van der Waals surface area (Å²) in [6.45, 7) is 0. The highest BCUT2D eigenvalue weighted by molar-refractivity contribution is 6.26. The van der Waals surface area contributed by atoms with E-state index in [-0.39, 0.29) is 11.1 Å². The Kier molecular flexibility index (Phi) is 9.82. The Morgan fingerprint density at radius 2 is 0.814 bits per heavy atom. The van der Waals surface area contributed by atoms with Crippen LogP contribution in [0.4, 0.5) is 0 Å². The summed E-state index contributed by atoms with van der Waals surface area (Å²) in [6.07, 6.45) is 0. The first-order chi connectivity index (χ1) is 34.5. The van der Waals surface area contributed by atoms with Gasteiger partial charge in [-0.15, -0.1) is 0 Å². The fourth-order valence-corrected chi connectivity index (χ4v) is 9.83. The van der Waals surface area contributed by atoms with Gasteiger partial charge in [0.15, 0.2) is 17.5 Å². The number of nitrogens with zero attached hydrogens (tertiary/aromatic N) is 9. The molecule has 9 heteroatoms. The van der Waals surface area contributed by atoms with Gasteiger partial charge in [-0.2, -0.15) is 21.0 Å². The minimum atomic E-state index is 0.279. The van der Waals surface area contributed by atoms with Gasteiger partial charge in [0.25, 0.3) is 0 Å². The molecule has 3 heterocycles. The van der Waals surface area contributed by atoms with Crippen molar-refractivity contribution in [3.63, 3.8) is 0 Å². The molecule has 0 saturated heterocycles. The molecule has 0 aliphatic heterocycles. The van der Waals surface area contributed by atoms with Gasteiger partial charge in [0.1, 0.15) is 0 Å². The second kappa shape index (κ2) is 16.8. The molecule has 0 radical (unpaired) electrons. The van der Waals surface area contributed by atoms with Gasteiger partial charge in [0, 0.05) is 66.2 Å². The first kappa shape index (κ1) is 41.0. The van der Waals surface area contributed by atoms with Crippen LogP contribution in [0.3, 0.4) is 0 Å². The average molecular weight is 892 g/mol. The van der Waals surface area contributed by atoms with Crippen molar-refractivity contribution < 1.29 is 0 Å². The lowest BCUT2D eigenvalue weighted by Crippen LogP contribution is -2.05. The molecule has 12 aromatic rings. The number of nitriles is 4. The summed E-state index contributed by atoms with van der Waals surface area (Å²) in [6, 6.07) is 74.4. The molecule has 0 spiro atoms. The fraction of sp³-hybridized carbons (Fsp3) is 0. The number of benzene rings is 9. The van der Waals surface area contributed by atoms with Crippen LogP contribution in [-0.2, 0) is 0 Å². The molecular formula is C61H33N9. The Balaban J connectivity index is 1.28. The molecule has 322 valence electrons. The van der Waals surface area contributed by atoms with Gasteiger partial charge in [-0.1, -0.05) is 133 Å². The van der Waals surface area contributed by atoms with Gasteiger partial charge in [0.2, 0.25) is 0 Å². The van der Waals surface area contributed by atoms with Crippen molar-refractivity contribution in [1.82, 2.24) is 24.1 Å². The zero-order chi connectivity index (χ0) is 47.3. The van der Waals surface area contributed by atoms with Crippen molar-refractivity contribution in [2.24, 2.45) is 0 Å². The zero-order valence-corrected chi connectivity index (χ0v) is 37.1. The SMILES string of the molecule is N#Cc1ccc(-c2cc(-c3nc(-c4ccccc4)nc(-c4ccccc4)n3)cc(-c3ccc(C#N)cc3C#N)c2-n2c3ccccc3c3c2ccc2c4ccccc4n(-c4ccccc4)c23)c(C#N)c1. The highest BCUT2D eigenvalue weighted by Gasteiger charge is 2.27. The van der Waals surface area contributed by atoms with E-state index in [1.54, 1.807) is 24.3 Å². The molecule has 9 aromatic carbocycles. The van der Waals surface area contributed by atoms with Crippen LogP contribution in [0.2, 0.25) is 0 Å². The first-order valence-corrected chi connectivity index (χ1v) is 22.5. The summed E-state index contributed by atoms with van der Waals surface area (Å²) in [5.74, 6) is 1.28. The van der Waals surface area contributed by atoms with Crippen molar-refractivity contribution in [1.29, 1.82) is 21.0 Å². The van der Waals surface area contributed by atoms with Gasteiger partial charge in [-0.05, 0) is 66.7 Å². The topological polar surface area (TPSA) is 144 Å². The maximum absolute atomic E-state index is 11.0. The van der Waals surface area contributed by atoms with E-state index < -0.39 is 0 Å². The predicted octanol–water partition coefficient (Wildman–Crippen LogP) is 13.9. The number of para-hydroxylation sites is 3. The molecule has 0 saturated carbocycles. The monoisotopic (exact) mass is 891 g/mol. The third kappa shape index (κ3) is 6.63. The molecule has 70 heavy (non-hydrogen) atoms. The standard InChI is InChI=1S/C61H33N9/c62-34-38-24-26-46(43(30-38)36-64)51-32-42(61-67-59(40-14-4-1-5-15-40)66-60(68-61)41-16-6-2-7-17-41)33-52(47-27-25-39(35-63)31-44(47)37-65)57(51)70-54-23-13-11-21-50(54)56-55(70)29-28-49-48-20-10-12-22-53(48)69(58(49)56)45-18-8-3-9-19-45/h1-33H. The lowest BCUT2D eigenvalue weighted by Gasteiger charge is -2.22.